The molecule has 6 aromatic carbocycles. The van der Waals surface area contributed by atoms with Crippen LogP contribution in [0.1, 0.15) is 105 Å². The van der Waals surface area contributed by atoms with E-state index in [1.807, 2.05) is 30.3 Å². The van der Waals surface area contributed by atoms with Gasteiger partial charge < -0.3 is 42.3 Å². The lowest BCUT2D eigenvalue weighted by Gasteiger charge is -2.44. The first-order valence-electron chi connectivity index (χ1n) is 25.0. The van der Waals surface area contributed by atoms with E-state index in [0.717, 1.165) is 31.2 Å². The predicted molar refractivity (Wildman–Crippen MR) is 274 cm³/mol. The van der Waals surface area contributed by atoms with Crippen LogP contribution in [0.3, 0.4) is 0 Å². The Kier molecular flexibility index (Phi) is 18.6. The van der Waals surface area contributed by atoms with Crippen LogP contribution in [-0.2, 0) is 30.3 Å². The molecule has 1 aromatic heterocycles. The monoisotopic (exact) mass is 1000 g/mol. The minimum Gasteiger partial charge on any atom is -0.484 e. The second-order valence-electron chi connectivity index (χ2n) is 17.6. The number of hydrogen-bond acceptors (Lipinski definition) is 14. The van der Waals surface area contributed by atoms with E-state index in [2.05, 4.69) is 6.92 Å². The summed E-state index contributed by atoms with van der Waals surface area (Å²) in [5, 5.41) is 0.392. The number of esters is 4. The van der Waals surface area contributed by atoms with E-state index in [9.17, 15) is 24.0 Å². The Hall–Kier alpha value is -8.23. The van der Waals surface area contributed by atoms with Gasteiger partial charge in [-0.3, -0.25) is 0 Å². The van der Waals surface area contributed by atoms with Gasteiger partial charge in [0.15, 0.2) is 18.0 Å². The van der Waals surface area contributed by atoms with Crippen molar-refractivity contribution < 1.29 is 61.5 Å². The van der Waals surface area contributed by atoms with Crippen LogP contribution >= 0.6 is 0 Å². The summed E-state index contributed by atoms with van der Waals surface area (Å²) in [7, 11) is 0. The normalized spacial score (nSPS) is 17.1. The molecule has 382 valence electrons. The van der Waals surface area contributed by atoms with Gasteiger partial charge in [-0.05, 0) is 72.6 Å². The third-order valence-electron chi connectivity index (χ3n) is 12.3. The molecular weight excluding hydrogens is 945 g/mol. The lowest BCUT2D eigenvalue weighted by Crippen LogP contribution is -2.63. The van der Waals surface area contributed by atoms with E-state index < -0.39 is 66.8 Å². The third kappa shape index (κ3) is 14.0. The molecule has 74 heavy (non-hydrogen) atoms. The molecule has 0 N–H and O–H groups in total. The summed E-state index contributed by atoms with van der Waals surface area (Å²) in [5.41, 5.74) is 0.752. The highest BCUT2D eigenvalue weighted by Gasteiger charge is 2.54. The average Bonchev–Trinajstić information content (AvgIpc) is 3.44. The molecule has 0 bridgehead atoms. The zero-order valence-electron chi connectivity index (χ0n) is 41.0. The predicted octanol–water partition coefficient (Wildman–Crippen LogP) is 11.5. The molecule has 0 saturated carbocycles. The van der Waals surface area contributed by atoms with Crippen molar-refractivity contribution in [2.75, 3.05) is 13.2 Å². The molecule has 0 radical (unpaired) electrons. The van der Waals surface area contributed by atoms with Gasteiger partial charge in [0, 0.05) is 6.07 Å². The van der Waals surface area contributed by atoms with E-state index in [1.165, 1.54) is 68.1 Å². The van der Waals surface area contributed by atoms with Gasteiger partial charge in [0.05, 0.1) is 34.2 Å². The minimum absolute atomic E-state index is 0.0425. The van der Waals surface area contributed by atoms with Crippen molar-refractivity contribution in [1.29, 1.82) is 0 Å². The summed E-state index contributed by atoms with van der Waals surface area (Å²) in [4.78, 5) is 69.6. The first-order chi connectivity index (χ1) is 36.2. The SMILES string of the molecule is CCCCCCCCCCOc1c(OCc2ccccc2)c2ccc(O[C@@H]3O[C@H](COC(=O)c4ccccc4)[C@@H](OC(=O)c4ccccc4)[C@H](OC(=O)c4ccccc4)[C@H]3OC(=O)c3ccccc3)cc2oc1=O. The largest absolute Gasteiger partial charge is 0.484 e. The molecule has 1 saturated heterocycles. The van der Waals surface area contributed by atoms with Crippen LogP contribution in [0, 0.1) is 0 Å². The van der Waals surface area contributed by atoms with Gasteiger partial charge >= 0.3 is 29.5 Å². The summed E-state index contributed by atoms with van der Waals surface area (Å²) in [6.07, 6.45) is 0.683. The Morgan fingerprint density at radius 3 is 1.54 bits per heavy atom. The summed E-state index contributed by atoms with van der Waals surface area (Å²) in [6, 6.07) is 46.5. The second kappa shape index (κ2) is 26.5. The molecule has 1 aliphatic heterocycles. The smallest absolute Gasteiger partial charge is 0.383 e. The first-order valence-corrected chi connectivity index (χ1v) is 25.0. The van der Waals surface area contributed by atoms with Crippen LogP contribution in [-0.4, -0.2) is 67.8 Å². The molecule has 7 aromatic rings. The van der Waals surface area contributed by atoms with Gasteiger partial charge in [-0.25, -0.2) is 24.0 Å². The summed E-state index contributed by atoms with van der Waals surface area (Å²) < 4.78 is 55.9. The molecule has 14 nitrogen and oxygen atoms in total. The second-order valence-corrected chi connectivity index (χ2v) is 17.6. The minimum atomic E-state index is -1.68. The van der Waals surface area contributed by atoms with Gasteiger partial charge in [-0.2, -0.15) is 0 Å². The molecular formula is C60H58O14. The number of rotatable bonds is 24. The molecule has 8 rings (SSSR count). The van der Waals surface area contributed by atoms with Crippen LogP contribution in [0.15, 0.2) is 179 Å². The molecule has 2 heterocycles. The maximum Gasteiger partial charge on any atom is 0.383 e. The van der Waals surface area contributed by atoms with Crippen molar-refractivity contribution in [2.45, 2.75) is 95.6 Å². The maximum atomic E-state index is 14.1. The number of carbonyl (C=O) groups excluding carboxylic acids is 4. The Bertz CT molecular complexity index is 2970. The van der Waals surface area contributed by atoms with E-state index >= 15 is 0 Å². The number of unbranched alkanes of at least 4 members (excludes halogenated alkanes) is 7. The van der Waals surface area contributed by atoms with Gasteiger partial charge in [0.1, 0.15) is 30.7 Å². The number of ether oxygens (including phenoxy) is 8. The summed E-state index contributed by atoms with van der Waals surface area (Å²) in [5.74, 6) is -3.16. The molecule has 14 heteroatoms. The fourth-order valence-electron chi connectivity index (χ4n) is 8.37. The van der Waals surface area contributed by atoms with Crippen molar-refractivity contribution in [3.8, 4) is 17.2 Å². The van der Waals surface area contributed by atoms with Gasteiger partial charge in [-0.1, -0.05) is 155 Å². The van der Waals surface area contributed by atoms with Crippen molar-refractivity contribution in [1.82, 2.24) is 0 Å². The third-order valence-corrected chi connectivity index (χ3v) is 12.3. The summed E-state index contributed by atoms with van der Waals surface area (Å²) >= 11 is 0. The highest BCUT2D eigenvalue weighted by Crippen LogP contribution is 2.38. The van der Waals surface area contributed by atoms with Crippen LogP contribution in [0.2, 0.25) is 0 Å². The van der Waals surface area contributed by atoms with Crippen LogP contribution in [0.5, 0.6) is 17.2 Å². The van der Waals surface area contributed by atoms with Gasteiger partial charge in [0.25, 0.3) is 0 Å². The Labute approximate surface area is 429 Å². The lowest BCUT2D eigenvalue weighted by molar-refractivity contribution is -0.275. The average molecular weight is 1000 g/mol. The molecule has 1 aliphatic rings. The van der Waals surface area contributed by atoms with Crippen molar-refractivity contribution in [3.05, 3.63) is 208 Å². The zero-order valence-corrected chi connectivity index (χ0v) is 41.0. The molecule has 0 spiro atoms. The highest BCUT2D eigenvalue weighted by atomic mass is 16.7. The van der Waals surface area contributed by atoms with Gasteiger partial charge in [0.2, 0.25) is 18.1 Å². The van der Waals surface area contributed by atoms with Gasteiger partial charge in [-0.15, -0.1) is 0 Å². The van der Waals surface area contributed by atoms with Crippen LogP contribution in [0.25, 0.3) is 11.0 Å². The maximum absolute atomic E-state index is 14.1. The fourth-order valence-corrected chi connectivity index (χ4v) is 8.37. The van der Waals surface area contributed by atoms with E-state index in [0.29, 0.717) is 5.39 Å². The Morgan fingerprint density at radius 2 is 0.986 bits per heavy atom. The fraction of sp³-hybridized carbons (Fsp3) is 0.283. The Balaban J connectivity index is 1.16. The molecule has 0 aliphatic carbocycles. The lowest BCUT2D eigenvalue weighted by atomic mass is 9.97. The molecule has 1 fully saturated rings. The van der Waals surface area contributed by atoms with E-state index in [4.69, 9.17) is 42.3 Å². The number of benzene rings is 6. The van der Waals surface area contributed by atoms with Crippen LogP contribution in [0.4, 0.5) is 0 Å². The number of hydrogen-bond donors (Lipinski definition) is 0. The van der Waals surface area contributed by atoms with Crippen molar-refractivity contribution in [2.24, 2.45) is 0 Å². The quantitative estimate of drug-likeness (QED) is 0.0242. The molecule has 5 atom stereocenters. The molecule has 0 unspecified atom stereocenters. The topological polar surface area (TPSA) is 172 Å². The Morgan fingerprint density at radius 1 is 0.500 bits per heavy atom. The van der Waals surface area contributed by atoms with Crippen LogP contribution < -0.4 is 19.8 Å². The van der Waals surface area contributed by atoms with E-state index in [1.54, 1.807) is 97.1 Å². The summed E-state index contributed by atoms with van der Waals surface area (Å²) in [6.45, 7) is 2.02. The van der Waals surface area contributed by atoms with E-state index in [-0.39, 0.29) is 58.3 Å². The standard InChI is InChI=1S/C60H58O14/c1-2-3-4-5-6-7-8-24-37-66-53-50(67-39-41-25-14-9-15-26-41)47-36-35-46(38-48(47)70-59(53)65)69-60-54(74-58(64)45-33-22-13-23-34-45)52(73-57(63)44-31-20-12-21-32-44)51(72-56(62)43-29-18-11-19-30-43)49(71-60)40-68-55(61)42-27-16-10-17-28-42/h9-23,25-36,38,49,51-52,54,60H,2-8,24,37,39-40H2,1H3/t49-,51-,52+,54-,60-/m1/s1. The zero-order chi connectivity index (χ0) is 51.5. The number of carbonyl (C=O) groups is 4. The number of fused-ring (bicyclic) bond motifs is 1. The molecule has 0 amide bonds. The van der Waals surface area contributed by atoms with Crippen molar-refractivity contribution in [3.63, 3.8) is 0 Å². The highest BCUT2D eigenvalue weighted by molar-refractivity contribution is 5.92. The first kappa shape index (κ1) is 52.1. The van der Waals surface area contributed by atoms with Crippen molar-refractivity contribution >= 4 is 34.8 Å².